The minimum absolute atomic E-state index is 0.458. The Morgan fingerprint density at radius 3 is 2.77 bits per heavy atom. The summed E-state index contributed by atoms with van der Waals surface area (Å²) < 4.78 is 5.68. The number of halogens is 1. The van der Waals surface area contributed by atoms with Crippen LogP contribution in [0.3, 0.4) is 0 Å². The first-order valence-electron chi connectivity index (χ1n) is 7.01. The number of rotatable bonds is 4. The molecule has 110 valence electrons. The van der Waals surface area contributed by atoms with Crippen molar-refractivity contribution in [2.24, 2.45) is 0 Å². The highest BCUT2D eigenvalue weighted by molar-refractivity contribution is 6.33. The fourth-order valence-electron chi connectivity index (χ4n) is 2.52. The van der Waals surface area contributed by atoms with Gasteiger partial charge in [0.2, 0.25) is 0 Å². The van der Waals surface area contributed by atoms with Crippen molar-refractivity contribution in [1.82, 2.24) is 4.98 Å². The molecule has 0 aliphatic carbocycles. The van der Waals surface area contributed by atoms with Gasteiger partial charge in [-0.3, -0.25) is 9.78 Å². The molecule has 3 rings (SSSR count). The molecule has 22 heavy (non-hydrogen) atoms. The molecule has 0 aliphatic rings. The predicted octanol–water partition coefficient (Wildman–Crippen LogP) is 4.77. The first kappa shape index (κ1) is 14.5. The van der Waals surface area contributed by atoms with Crippen LogP contribution in [-0.2, 0) is 0 Å². The van der Waals surface area contributed by atoms with Crippen LogP contribution in [0.4, 0.5) is 0 Å². The number of benzene rings is 2. The molecule has 0 saturated carbocycles. The number of hydrogen-bond donors (Lipinski definition) is 0. The molecule has 0 N–H and O–H groups in total. The van der Waals surface area contributed by atoms with Gasteiger partial charge >= 0.3 is 0 Å². The van der Waals surface area contributed by atoms with Crippen LogP contribution in [0, 0.1) is 0 Å². The number of hydrogen-bond acceptors (Lipinski definition) is 3. The summed E-state index contributed by atoms with van der Waals surface area (Å²) in [5.74, 6) is 0.498. The van der Waals surface area contributed by atoms with Gasteiger partial charge in [-0.05, 0) is 30.5 Å². The summed E-state index contributed by atoms with van der Waals surface area (Å²) in [5, 5.41) is 2.47. The van der Waals surface area contributed by atoms with Gasteiger partial charge in [-0.2, -0.15) is 0 Å². The molecular weight excluding hydrogens is 298 g/mol. The number of carbonyl (C=O) groups is 1. The SMILES string of the molecule is CCOc1c(Cl)ccc(C=O)c1-c1nccc2ccccc12. The standard InChI is InChI=1S/C18H14ClNO2/c1-2-22-18-15(19)8-7-13(11-21)16(18)17-14-6-4-3-5-12(14)9-10-20-17/h3-11H,2H2,1H3. The van der Waals surface area contributed by atoms with Crippen molar-refractivity contribution in [2.75, 3.05) is 6.61 Å². The van der Waals surface area contributed by atoms with E-state index in [4.69, 9.17) is 16.3 Å². The first-order valence-corrected chi connectivity index (χ1v) is 7.38. The molecule has 3 aromatic rings. The maximum Gasteiger partial charge on any atom is 0.150 e. The fraction of sp³-hybridized carbons (Fsp3) is 0.111. The Morgan fingerprint density at radius 1 is 1.18 bits per heavy atom. The highest BCUT2D eigenvalue weighted by Gasteiger charge is 2.18. The summed E-state index contributed by atoms with van der Waals surface area (Å²) in [6, 6.07) is 13.2. The molecule has 2 aromatic carbocycles. The Morgan fingerprint density at radius 2 is 2.00 bits per heavy atom. The van der Waals surface area contributed by atoms with Gasteiger partial charge in [0.15, 0.2) is 6.29 Å². The number of fused-ring (bicyclic) bond motifs is 1. The van der Waals surface area contributed by atoms with E-state index in [1.807, 2.05) is 37.3 Å². The van der Waals surface area contributed by atoms with Gasteiger partial charge in [-0.15, -0.1) is 0 Å². The van der Waals surface area contributed by atoms with E-state index in [2.05, 4.69) is 4.98 Å². The van der Waals surface area contributed by atoms with Gasteiger partial charge in [0.1, 0.15) is 5.75 Å². The van der Waals surface area contributed by atoms with Crippen molar-refractivity contribution in [1.29, 1.82) is 0 Å². The van der Waals surface area contributed by atoms with Gasteiger partial charge in [0, 0.05) is 17.1 Å². The number of aldehydes is 1. The van der Waals surface area contributed by atoms with E-state index in [9.17, 15) is 4.79 Å². The lowest BCUT2D eigenvalue weighted by molar-refractivity contribution is 0.112. The summed E-state index contributed by atoms with van der Waals surface area (Å²) in [4.78, 5) is 16.0. The second-order valence-corrected chi connectivity index (χ2v) is 5.18. The van der Waals surface area contributed by atoms with E-state index in [1.165, 1.54) is 0 Å². The number of pyridine rings is 1. The van der Waals surface area contributed by atoms with Gasteiger partial charge in [0.05, 0.1) is 22.9 Å². The van der Waals surface area contributed by atoms with E-state index >= 15 is 0 Å². The zero-order chi connectivity index (χ0) is 15.5. The molecule has 0 atom stereocenters. The van der Waals surface area contributed by atoms with Gasteiger partial charge in [-0.25, -0.2) is 0 Å². The lowest BCUT2D eigenvalue weighted by Gasteiger charge is -2.15. The lowest BCUT2D eigenvalue weighted by Crippen LogP contribution is -2.00. The maximum absolute atomic E-state index is 11.5. The van der Waals surface area contributed by atoms with Crippen LogP contribution >= 0.6 is 11.6 Å². The largest absolute Gasteiger partial charge is 0.492 e. The zero-order valence-electron chi connectivity index (χ0n) is 12.0. The van der Waals surface area contributed by atoms with Crippen molar-refractivity contribution in [3.05, 3.63) is 59.2 Å². The molecule has 0 fully saturated rings. The van der Waals surface area contributed by atoms with Crippen molar-refractivity contribution in [3.8, 4) is 17.0 Å². The predicted molar refractivity (Wildman–Crippen MR) is 88.7 cm³/mol. The summed E-state index contributed by atoms with van der Waals surface area (Å²) in [6.45, 7) is 2.34. The van der Waals surface area contributed by atoms with E-state index in [-0.39, 0.29) is 0 Å². The second-order valence-electron chi connectivity index (χ2n) is 4.77. The van der Waals surface area contributed by atoms with Crippen LogP contribution in [-0.4, -0.2) is 17.9 Å². The quantitative estimate of drug-likeness (QED) is 0.652. The topological polar surface area (TPSA) is 39.2 Å². The molecule has 3 nitrogen and oxygen atoms in total. The molecule has 1 aromatic heterocycles. The van der Waals surface area contributed by atoms with Gasteiger partial charge in [-0.1, -0.05) is 35.9 Å². The van der Waals surface area contributed by atoms with E-state index < -0.39 is 0 Å². The molecule has 1 heterocycles. The Bertz CT molecular complexity index is 840. The molecule has 4 heteroatoms. The van der Waals surface area contributed by atoms with Crippen LogP contribution in [0.2, 0.25) is 5.02 Å². The molecule has 0 amide bonds. The Hall–Kier alpha value is -2.39. The van der Waals surface area contributed by atoms with Crippen LogP contribution in [0.25, 0.3) is 22.0 Å². The lowest BCUT2D eigenvalue weighted by atomic mass is 9.99. The average molecular weight is 312 g/mol. The Balaban J connectivity index is 2.39. The van der Waals surface area contributed by atoms with Crippen LogP contribution in [0.5, 0.6) is 5.75 Å². The fourth-order valence-corrected chi connectivity index (χ4v) is 2.73. The van der Waals surface area contributed by atoms with Gasteiger partial charge < -0.3 is 4.74 Å². The molecule has 0 unspecified atom stereocenters. The summed E-state index contributed by atoms with van der Waals surface area (Å²) in [6.07, 6.45) is 2.53. The normalized spacial score (nSPS) is 10.6. The van der Waals surface area contributed by atoms with Crippen molar-refractivity contribution in [3.63, 3.8) is 0 Å². The summed E-state index contributed by atoms with van der Waals surface area (Å²) in [5.41, 5.74) is 1.85. The Labute approximate surface area is 133 Å². The maximum atomic E-state index is 11.5. The Kier molecular flexibility index (Phi) is 4.07. The number of aromatic nitrogens is 1. The third kappa shape index (κ3) is 2.44. The minimum atomic E-state index is 0.458. The van der Waals surface area contributed by atoms with Crippen molar-refractivity contribution >= 4 is 28.7 Å². The molecule has 0 bridgehead atoms. The summed E-state index contributed by atoms with van der Waals surface area (Å²) in [7, 11) is 0. The molecule has 0 saturated heterocycles. The highest BCUT2D eigenvalue weighted by atomic mass is 35.5. The number of nitrogens with zero attached hydrogens (tertiary/aromatic N) is 1. The van der Waals surface area contributed by atoms with Crippen molar-refractivity contribution < 1.29 is 9.53 Å². The number of ether oxygens (including phenoxy) is 1. The van der Waals surface area contributed by atoms with Crippen LogP contribution in [0.15, 0.2) is 48.7 Å². The van der Waals surface area contributed by atoms with Crippen LogP contribution < -0.4 is 4.74 Å². The smallest absolute Gasteiger partial charge is 0.150 e. The number of carbonyl (C=O) groups excluding carboxylic acids is 1. The molecule has 0 spiro atoms. The molecular formula is C18H14ClNO2. The van der Waals surface area contributed by atoms with E-state index in [0.717, 1.165) is 17.1 Å². The molecule has 0 aliphatic heterocycles. The monoisotopic (exact) mass is 311 g/mol. The molecule has 0 radical (unpaired) electrons. The second kappa shape index (κ2) is 6.16. The summed E-state index contributed by atoms with van der Waals surface area (Å²) >= 11 is 6.27. The third-order valence-corrected chi connectivity index (χ3v) is 3.77. The minimum Gasteiger partial charge on any atom is -0.492 e. The average Bonchev–Trinajstić information content (AvgIpc) is 2.56. The first-order chi connectivity index (χ1) is 10.8. The van der Waals surface area contributed by atoms with Crippen LogP contribution in [0.1, 0.15) is 17.3 Å². The van der Waals surface area contributed by atoms with Crippen molar-refractivity contribution in [2.45, 2.75) is 6.92 Å². The highest BCUT2D eigenvalue weighted by Crippen LogP contribution is 2.40. The third-order valence-electron chi connectivity index (χ3n) is 3.47. The zero-order valence-corrected chi connectivity index (χ0v) is 12.8. The van der Waals surface area contributed by atoms with E-state index in [1.54, 1.807) is 18.3 Å². The van der Waals surface area contributed by atoms with Gasteiger partial charge in [0.25, 0.3) is 0 Å². The van der Waals surface area contributed by atoms with E-state index in [0.29, 0.717) is 34.2 Å².